The number of hydrogen-bond acceptors (Lipinski definition) is 2. The predicted molar refractivity (Wildman–Crippen MR) is 85.9 cm³/mol. The molecule has 0 aliphatic carbocycles. The van der Waals surface area contributed by atoms with Crippen LogP contribution in [-0.4, -0.2) is 24.6 Å². The van der Waals surface area contributed by atoms with Crippen molar-refractivity contribution in [2.45, 2.75) is 19.6 Å². The fourth-order valence-corrected chi connectivity index (χ4v) is 2.95. The summed E-state index contributed by atoms with van der Waals surface area (Å²) < 4.78 is 5.88. The van der Waals surface area contributed by atoms with Gasteiger partial charge in [0.05, 0.1) is 13.2 Å². The van der Waals surface area contributed by atoms with Crippen LogP contribution in [0.2, 0.25) is 0 Å². The fourth-order valence-electron chi connectivity index (χ4n) is 2.95. The van der Waals surface area contributed by atoms with E-state index in [9.17, 15) is 0 Å². The minimum atomic E-state index is 0.678. The average Bonchev–Trinajstić information content (AvgIpc) is 2.97. The number of hydrogen-bond donors (Lipinski definition) is 0. The zero-order valence-corrected chi connectivity index (χ0v) is 12.4. The average molecular weight is 281 g/mol. The van der Waals surface area contributed by atoms with Gasteiger partial charge >= 0.3 is 0 Å². The van der Waals surface area contributed by atoms with Crippen LogP contribution >= 0.6 is 0 Å². The van der Waals surface area contributed by atoms with E-state index in [0.717, 1.165) is 26.3 Å². The zero-order chi connectivity index (χ0) is 14.3. The SMILES string of the molecule is c1ccc(COC[C@@H]2CCN(Cc3ccccc3)C2)cc1. The molecule has 21 heavy (non-hydrogen) atoms. The first-order valence-electron chi connectivity index (χ1n) is 7.78. The van der Waals surface area contributed by atoms with Crippen LogP contribution in [0.25, 0.3) is 0 Å². The van der Waals surface area contributed by atoms with Crippen molar-refractivity contribution in [2.75, 3.05) is 19.7 Å². The van der Waals surface area contributed by atoms with Gasteiger partial charge in [0.1, 0.15) is 0 Å². The molecule has 1 aliphatic heterocycles. The summed E-state index contributed by atoms with van der Waals surface area (Å²) in [6.07, 6.45) is 1.25. The molecular weight excluding hydrogens is 258 g/mol. The number of nitrogens with zero attached hydrogens (tertiary/aromatic N) is 1. The molecule has 2 nitrogen and oxygen atoms in total. The molecule has 0 unspecified atom stereocenters. The summed E-state index contributed by atoms with van der Waals surface area (Å²) in [5.41, 5.74) is 2.67. The lowest BCUT2D eigenvalue weighted by atomic mass is 10.1. The molecule has 3 rings (SSSR count). The molecule has 1 saturated heterocycles. The number of benzene rings is 2. The predicted octanol–water partition coefficient (Wildman–Crippen LogP) is 3.73. The molecule has 0 aromatic heterocycles. The minimum absolute atomic E-state index is 0.678. The summed E-state index contributed by atoms with van der Waals surface area (Å²) in [6.45, 7) is 5.02. The van der Waals surface area contributed by atoms with Gasteiger partial charge in [-0.15, -0.1) is 0 Å². The Morgan fingerprint density at radius 2 is 1.57 bits per heavy atom. The Bertz CT molecular complexity index is 526. The molecule has 0 spiro atoms. The van der Waals surface area contributed by atoms with Crippen molar-refractivity contribution in [1.29, 1.82) is 0 Å². The van der Waals surface area contributed by atoms with E-state index in [4.69, 9.17) is 4.74 Å². The van der Waals surface area contributed by atoms with E-state index in [-0.39, 0.29) is 0 Å². The van der Waals surface area contributed by atoms with Gasteiger partial charge in [-0.1, -0.05) is 60.7 Å². The molecule has 0 N–H and O–H groups in total. The first-order valence-corrected chi connectivity index (χ1v) is 7.78. The lowest BCUT2D eigenvalue weighted by molar-refractivity contribution is 0.0885. The van der Waals surface area contributed by atoms with Gasteiger partial charge in [-0.3, -0.25) is 4.90 Å². The van der Waals surface area contributed by atoms with Crippen molar-refractivity contribution in [2.24, 2.45) is 5.92 Å². The standard InChI is InChI=1S/C19H23NO/c1-3-7-17(8-4-1)13-20-12-11-19(14-20)16-21-15-18-9-5-2-6-10-18/h1-10,19H,11-16H2/t19-/m1/s1. The summed E-state index contributed by atoms with van der Waals surface area (Å²) in [5.74, 6) is 0.678. The topological polar surface area (TPSA) is 12.5 Å². The Labute approximate surface area is 127 Å². The zero-order valence-electron chi connectivity index (χ0n) is 12.4. The number of likely N-dealkylation sites (tertiary alicyclic amines) is 1. The van der Waals surface area contributed by atoms with E-state index in [1.165, 1.54) is 24.1 Å². The third kappa shape index (κ3) is 4.42. The normalized spacial score (nSPS) is 19.0. The van der Waals surface area contributed by atoms with Gasteiger partial charge in [-0.2, -0.15) is 0 Å². The van der Waals surface area contributed by atoms with Crippen LogP contribution in [0.1, 0.15) is 17.5 Å². The van der Waals surface area contributed by atoms with Crippen LogP contribution < -0.4 is 0 Å². The molecule has 2 heteroatoms. The van der Waals surface area contributed by atoms with Crippen LogP contribution in [0.3, 0.4) is 0 Å². The second-order valence-electron chi connectivity index (χ2n) is 5.88. The molecule has 0 amide bonds. The van der Waals surface area contributed by atoms with E-state index in [1.54, 1.807) is 0 Å². The highest BCUT2D eigenvalue weighted by molar-refractivity contribution is 5.15. The summed E-state index contributed by atoms with van der Waals surface area (Å²) in [5, 5.41) is 0. The summed E-state index contributed by atoms with van der Waals surface area (Å²) in [7, 11) is 0. The Morgan fingerprint density at radius 3 is 2.29 bits per heavy atom. The lowest BCUT2D eigenvalue weighted by Crippen LogP contribution is -2.21. The van der Waals surface area contributed by atoms with Crippen LogP contribution in [0.4, 0.5) is 0 Å². The van der Waals surface area contributed by atoms with Crippen LogP contribution in [0, 0.1) is 5.92 Å². The van der Waals surface area contributed by atoms with Gasteiger partial charge in [0, 0.05) is 13.1 Å². The minimum Gasteiger partial charge on any atom is -0.376 e. The molecule has 0 saturated carbocycles. The van der Waals surface area contributed by atoms with Crippen LogP contribution in [0.15, 0.2) is 60.7 Å². The maximum atomic E-state index is 5.88. The molecule has 0 bridgehead atoms. The maximum Gasteiger partial charge on any atom is 0.0717 e. The fraction of sp³-hybridized carbons (Fsp3) is 0.368. The largest absolute Gasteiger partial charge is 0.376 e. The molecule has 0 radical (unpaired) electrons. The highest BCUT2D eigenvalue weighted by Gasteiger charge is 2.22. The van der Waals surface area contributed by atoms with E-state index >= 15 is 0 Å². The molecule has 1 aliphatic rings. The Balaban J connectivity index is 1.39. The van der Waals surface area contributed by atoms with Crippen LogP contribution in [-0.2, 0) is 17.9 Å². The van der Waals surface area contributed by atoms with E-state index in [0.29, 0.717) is 5.92 Å². The lowest BCUT2D eigenvalue weighted by Gasteiger charge is -2.16. The summed E-state index contributed by atoms with van der Waals surface area (Å²) in [4.78, 5) is 2.53. The van der Waals surface area contributed by atoms with E-state index in [1.807, 2.05) is 6.07 Å². The number of rotatable bonds is 6. The molecule has 1 fully saturated rings. The smallest absolute Gasteiger partial charge is 0.0717 e. The van der Waals surface area contributed by atoms with Gasteiger partial charge in [0.15, 0.2) is 0 Å². The third-order valence-corrected chi connectivity index (χ3v) is 4.08. The van der Waals surface area contributed by atoms with E-state index < -0.39 is 0 Å². The Hall–Kier alpha value is -1.64. The van der Waals surface area contributed by atoms with Gasteiger partial charge in [-0.05, 0) is 30.0 Å². The maximum absolute atomic E-state index is 5.88. The van der Waals surface area contributed by atoms with Crippen molar-refractivity contribution in [1.82, 2.24) is 4.90 Å². The van der Waals surface area contributed by atoms with Gasteiger partial charge < -0.3 is 4.74 Å². The summed E-state index contributed by atoms with van der Waals surface area (Å²) in [6, 6.07) is 21.1. The molecule has 2 aromatic carbocycles. The first-order chi connectivity index (χ1) is 10.4. The monoisotopic (exact) mass is 281 g/mol. The highest BCUT2D eigenvalue weighted by Crippen LogP contribution is 2.19. The van der Waals surface area contributed by atoms with Crippen LogP contribution in [0.5, 0.6) is 0 Å². The molecule has 110 valence electrons. The molecule has 1 atom stereocenters. The quantitative estimate of drug-likeness (QED) is 0.800. The van der Waals surface area contributed by atoms with Gasteiger partial charge in [0.25, 0.3) is 0 Å². The molecular formula is C19H23NO. The first kappa shape index (κ1) is 14.3. The van der Waals surface area contributed by atoms with Crippen molar-refractivity contribution < 1.29 is 4.74 Å². The second kappa shape index (κ2) is 7.39. The highest BCUT2D eigenvalue weighted by atomic mass is 16.5. The van der Waals surface area contributed by atoms with Crippen molar-refractivity contribution in [3.63, 3.8) is 0 Å². The van der Waals surface area contributed by atoms with Crippen molar-refractivity contribution >= 4 is 0 Å². The Kier molecular flexibility index (Phi) is 5.03. The van der Waals surface area contributed by atoms with E-state index in [2.05, 4.69) is 59.5 Å². The molecule has 2 aromatic rings. The molecule has 1 heterocycles. The third-order valence-electron chi connectivity index (χ3n) is 4.08. The van der Waals surface area contributed by atoms with Gasteiger partial charge in [-0.25, -0.2) is 0 Å². The Morgan fingerprint density at radius 1 is 0.905 bits per heavy atom. The van der Waals surface area contributed by atoms with Crippen molar-refractivity contribution in [3.8, 4) is 0 Å². The second-order valence-corrected chi connectivity index (χ2v) is 5.88. The van der Waals surface area contributed by atoms with Crippen molar-refractivity contribution in [3.05, 3.63) is 71.8 Å². The van der Waals surface area contributed by atoms with Gasteiger partial charge in [0.2, 0.25) is 0 Å². The number of ether oxygens (including phenoxy) is 1. The summed E-state index contributed by atoms with van der Waals surface area (Å²) >= 11 is 0.